The molecule has 14 heavy (non-hydrogen) atoms. The number of hydrogen-bond donors (Lipinski definition) is 1. The van der Waals surface area contributed by atoms with Crippen LogP contribution < -0.4 is 0 Å². The van der Waals surface area contributed by atoms with Gasteiger partial charge in [0.2, 0.25) is 0 Å². The van der Waals surface area contributed by atoms with E-state index >= 15 is 0 Å². The Hall–Kier alpha value is 0.110. The van der Waals surface area contributed by atoms with E-state index in [9.17, 15) is 9.46 Å². The van der Waals surface area contributed by atoms with Crippen molar-refractivity contribution in [2.45, 2.75) is 39.3 Å². The van der Waals surface area contributed by atoms with Crippen LogP contribution in [-0.2, 0) is 13.8 Å². The Kier molecular flexibility index (Phi) is 5.91. The van der Waals surface area contributed by atoms with Crippen LogP contribution in [0.5, 0.6) is 0 Å². The van der Waals surface area contributed by atoms with Crippen molar-refractivity contribution in [3.8, 4) is 0 Å². The molecule has 5 heteroatoms. The summed E-state index contributed by atoms with van der Waals surface area (Å²) in [4.78, 5) is 9.50. The summed E-state index contributed by atoms with van der Waals surface area (Å²) in [6.45, 7) is 8.48. The summed E-state index contributed by atoms with van der Waals surface area (Å²) in [5.74, 6) is 0. The third kappa shape index (κ3) is 5.11. The molecule has 1 unspecified atom stereocenters. The van der Waals surface area contributed by atoms with E-state index in [1.165, 1.54) is 0 Å². The molecule has 4 nitrogen and oxygen atoms in total. The minimum Gasteiger partial charge on any atom is -0.382 e. The Morgan fingerprint density at radius 2 is 1.86 bits per heavy atom. The minimum absolute atomic E-state index is 0.269. The molecule has 0 spiro atoms. The summed E-state index contributed by atoms with van der Waals surface area (Å²) < 4.78 is 21.6. The van der Waals surface area contributed by atoms with Gasteiger partial charge in [0, 0.05) is 13.2 Å². The van der Waals surface area contributed by atoms with Gasteiger partial charge in [-0.25, -0.2) is 0 Å². The second-order valence-electron chi connectivity index (χ2n) is 4.07. The first-order valence-corrected chi connectivity index (χ1v) is 6.44. The van der Waals surface area contributed by atoms with Crippen LogP contribution in [0.4, 0.5) is 0 Å². The highest BCUT2D eigenvalue weighted by atomic mass is 31.2. The third-order valence-corrected chi connectivity index (χ3v) is 3.98. The average Bonchev–Trinajstić information content (AvgIpc) is 2.02. The van der Waals surface area contributed by atoms with Gasteiger partial charge in [-0.05, 0) is 34.1 Å². The van der Waals surface area contributed by atoms with Crippen LogP contribution in [0.25, 0.3) is 0 Å². The molecule has 0 bridgehead atoms. The lowest BCUT2D eigenvalue weighted by Gasteiger charge is -2.24. The van der Waals surface area contributed by atoms with Crippen molar-refractivity contribution in [3.05, 3.63) is 0 Å². The lowest BCUT2D eigenvalue weighted by molar-refractivity contribution is 0.126. The average molecular weight is 224 g/mol. The zero-order valence-corrected chi connectivity index (χ0v) is 10.3. The van der Waals surface area contributed by atoms with Crippen LogP contribution in [-0.4, -0.2) is 29.9 Å². The van der Waals surface area contributed by atoms with Gasteiger partial charge in [-0.15, -0.1) is 0 Å². The maximum absolute atomic E-state index is 11.6. The molecule has 0 saturated carbocycles. The van der Waals surface area contributed by atoms with E-state index < -0.39 is 12.8 Å². The van der Waals surface area contributed by atoms with E-state index in [0.29, 0.717) is 19.6 Å². The smallest absolute Gasteiger partial charge is 0.333 e. The van der Waals surface area contributed by atoms with Crippen LogP contribution in [0.15, 0.2) is 0 Å². The van der Waals surface area contributed by atoms with Gasteiger partial charge >= 0.3 is 7.60 Å². The molecule has 0 aliphatic rings. The quantitative estimate of drug-likeness (QED) is 0.556. The van der Waals surface area contributed by atoms with Crippen molar-refractivity contribution < 1.29 is 18.7 Å². The van der Waals surface area contributed by atoms with Crippen LogP contribution in [0.2, 0.25) is 0 Å². The van der Waals surface area contributed by atoms with Crippen molar-refractivity contribution in [2.24, 2.45) is 0 Å². The number of rotatable bonds is 6. The number of hydrogen-bond acceptors (Lipinski definition) is 3. The molecule has 0 aromatic carbocycles. The molecule has 1 N–H and O–H groups in total. The Morgan fingerprint density at radius 1 is 1.29 bits per heavy atom. The molecule has 0 aromatic heterocycles. The third-order valence-electron chi connectivity index (χ3n) is 1.75. The summed E-state index contributed by atoms with van der Waals surface area (Å²) in [6, 6.07) is 0. The van der Waals surface area contributed by atoms with E-state index in [4.69, 9.17) is 9.26 Å². The van der Waals surface area contributed by atoms with Crippen molar-refractivity contribution in [3.63, 3.8) is 0 Å². The highest BCUT2D eigenvalue weighted by Crippen LogP contribution is 2.54. The maximum atomic E-state index is 11.6. The summed E-state index contributed by atoms with van der Waals surface area (Å²) in [5, 5.41) is -0.710. The van der Waals surface area contributed by atoms with Crippen LogP contribution >= 0.6 is 7.60 Å². The topological polar surface area (TPSA) is 55.8 Å². The Labute approximate surface area is 86.1 Å². The predicted molar refractivity (Wildman–Crippen MR) is 56.6 cm³/mol. The summed E-state index contributed by atoms with van der Waals surface area (Å²) in [7, 11) is -3.48. The van der Waals surface area contributed by atoms with Gasteiger partial charge in [0.15, 0.2) is 0 Å². The first-order valence-electron chi connectivity index (χ1n) is 4.86. The predicted octanol–water partition coefficient (Wildman–Crippen LogP) is 2.41. The molecular formula is C9H21O4P. The molecule has 0 rings (SSSR count). The Balaban J connectivity index is 3.73. The van der Waals surface area contributed by atoms with Gasteiger partial charge in [-0.2, -0.15) is 0 Å². The summed E-state index contributed by atoms with van der Waals surface area (Å²) in [6.07, 6.45) is 0.647. The lowest BCUT2D eigenvalue weighted by Crippen LogP contribution is -2.17. The Bertz CT molecular complexity index is 197. The van der Waals surface area contributed by atoms with Gasteiger partial charge < -0.3 is 14.2 Å². The Morgan fingerprint density at radius 3 is 2.29 bits per heavy atom. The van der Waals surface area contributed by atoms with Gasteiger partial charge in [0.25, 0.3) is 0 Å². The molecule has 0 saturated heterocycles. The second-order valence-corrected chi connectivity index (χ2v) is 6.72. The van der Waals surface area contributed by atoms with Gasteiger partial charge in [-0.1, -0.05) is 0 Å². The molecule has 0 aromatic rings. The standard InChI is InChI=1S/C9H21O4P/c1-5-12-7-6-8-13-14(10,11)9(2,3)4/h5-8H2,1-4H3,(H,10,11). The van der Waals surface area contributed by atoms with E-state index in [0.717, 1.165) is 0 Å². The van der Waals surface area contributed by atoms with Crippen LogP contribution in [0.3, 0.4) is 0 Å². The maximum Gasteiger partial charge on any atom is 0.333 e. The normalized spacial score (nSPS) is 16.6. The molecule has 0 radical (unpaired) electrons. The van der Waals surface area contributed by atoms with E-state index in [-0.39, 0.29) is 6.61 Å². The molecular weight excluding hydrogens is 203 g/mol. The molecule has 0 fully saturated rings. The van der Waals surface area contributed by atoms with Crippen molar-refractivity contribution in [2.75, 3.05) is 19.8 Å². The largest absolute Gasteiger partial charge is 0.382 e. The molecule has 0 aliphatic heterocycles. The molecule has 86 valence electrons. The molecule has 0 aliphatic carbocycles. The summed E-state index contributed by atoms with van der Waals surface area (Å²) >= 11 is 0. The lowest BCUT2D eigenvalue weighted by atomic mass is 10.3. The zero-order valence-electron chi connectivity index (χ0n) is 9.45. The van der Waals surface area contributed by atoms with Crippen LogP contribution in [0.1, 0.15) is 34.1 Å². The van der Waals surface area contributed by atoms with Crippen LogP contribution in [0, 0.1) is 0 Å². The molecule has 0 amide bonds. The fraction of sp³-hybridized carbons (Fsp3) is 1.00. The highest BCUT2D eigenvalue weighted by Gasteiger charge is 2.35. The van der Waals surface area contributed by atoms with Crippen molar-refractivity contribution >= 4 is 7.60 Å². The zero-order chi connectivity index (χ0) is 11.2. The fourth-order valence-corrected chi connectivity index (χ4v) is 1.45. The minimum atomic E-state index is -3.48. The molecule has 0 heterocycles. The van der Waals surface area contributed by atoms with Gasteiger partial charge in [0.1, 0.15) is 0 Å². The van der Waals surface area contributed by atoms with E-state index in [1.807, 2.05) is 6.92 Å². The fourth-order valence-electron chi connectivity index (χ4n) is 0.687. The van der Waals surface area contributed by atoms with Gasteiger partial charge in [-0.3, -0.25) is 4.57 Å². The van der Waals surface area contributed by atoms with E-state index in [1.54, 1.807) is 20.8 Å². The monoisotopic (exact) mass is 224 g/mol. The van der Waals surface area contributed by atoms with E-state index in [2.05, 4.69) is 0 Å². The first-order chi connectivity index (χ1) is 6.31. The molecule has 1 atom stereocenters. The SMILES string of the molecule is CCOCCCOP(=O)(O)C(C)(C)C. The second kappa shape index (κ2) is 5.86. The van der Waals surface area contributed by atoms with Crippen molar-refractivity contribution in [1.82, 2.24) is 0 Å². The van der Waals surface area contributed by atoms with Gasteiger partial charge in [0.05, 0.1) is 11.8 Å². The number of ether oxygens (including phenoxy) is 1. The first kappa shape index (κ1) is 14.1. The summed E-state index contributed by atoms with van der Waals surface area (Å²) in [5.41, 5.74) is 0. The highest BCUT2D eigenvalue weighted by molar-refractivity contribution is 7.54. The van der Waals surface area contributed by atoms with Crippen molar-refractivity contribution in [1.29, 1.82) is 0 Å².